The van der Waals surface area contributed by atoms with Gasteiger partial charge in [0.1, 0.15) is 22.3 Å². The molecule has 11 rings (SSSR count). The lowest BCUT2D eigenvalue weighted by Crippen LogP contribution is -2.11. The fourth-order valence-electron chi connectivity index (χ4n) is 7.79. The highest BCUT2D eigenvalue weighted by Crippen LogP contribution is 2.48. The second kappa shape index (κ2) is 10.6. The minimum atomic E-state index is 0.854. The standard InChI is InChI=1S/C46H27NO2S/c1-2-12-32-28(10-1)20-24-37-45-39(16-9-18-41(45)49-46(32)37)47(30-22-25-34-33-13-4-7-17-40(33)48-42(34)27-30)38-15-6-3-11-31(38)29-21-23-36-35-14-5-8-19-43(35)50-44(36)26-29/h1-27H. The molecule has 11 aromatic rings. The van der Waals surface area contributed by atoms with E-state index in [-0.39, 0.29) is 0 Å². The molecule has 234 valence electrons. The largest absolute Gasteiger partial charge is 0.456 e. The number of para-hydroxylation sites is 2. The summed E-state index contributed by atoms with van der Waals surface area (Å²) in [5.74, 6) is 0. The highest BCUT2D eigenvalue weighted by atomic mass is 32.1. The Morgan fingerprint density at radius 1 is 0.420 bits per heavy atom. The van der Waals surface area contributed by atoms with Gasteiger partial charge in [0, 0.05) is 59.0 Å². The van der Waals surface area contributed by atoms with Gasteiger partial charge in [-0.1, -0.05) is 103 Å². The van der Waals surface area contributed by atoms with E-state index in [1.807, 2.05) is 23.5 Å². The number of rotatable bonds is 4. The highest BCUT2D eigenvalue weighted by Gasteiger charge is 2.23. The fourth-order valence-corrected chi connectivity index (χ4v) is 8.93. The first-order valence-corrected chi connectivity index (χ1v) is 17.7. The smallest absolute Gasteiger partial charge is 0.143 e. The summed E-state index contributed by atoms with van der Waals surface area (Å²) in [7, 11) is 0. The summed E-state index contributed by atoms with van der Waals surface area (Å²) in [4.78, 5) is 2.38. The van der Waals surface area contributed by atoms with Gasteiger partial charge < -0.3 is 13.7 Å². The summed E-state index contributed by atoms with van der Waals surface area (Å²) < 4.78 is 15.7. The zero-order valence-corrected chi connectivity index (χ0v) is 27.6. The van der Waals surface area contributed by atoms with Gasteiger partial charge in [-0.25, -0.2) is 0 Å². The molecule has 0 N–H and O–H groups in total. The van der Waals surface area contributed by atoms with E-state index in [1.165, 1.54) is 25.7 Å². The van der Waals surface area contributed by atoms with Crippen LogP contribution >= 0.6 is 11.3 Å². The van der Waals surface area contributed by atoms with Crippen LogP contribution in [0.3, 0.4) is 0 Å². The van der Waals surface area contributed by atoms with Crippen LogP contribution in [0.5, 0.6) is 0 Å². The molecule has 0 saturated heterocycles. The van der Waals surface area contributed by atoms with Crippen molar-refractivity contribution in [1.29, 1.82) is 0 Å². The molecule has 3 nitrogen and oxygen atoms in total. The number of hydrogen-bond donors (Lipinski definition) is 0. The summed E-state index contributed by atoms with van der Waals surface area (Å²) in [6.45, 7) is 0. The van der Waals surface area contributed by atoms with E-state index in [1.54, 1.807) is 0 Å². The van der Waals surface area contributed by atoms with Gasteiger partial charge in [0.2, 0.25) is 0 Å². The molecule has 0 atom stereocenters. The third-order valence-corrected chi connectivity index (χ3v) is 11.2. The van der Waals surface area contributed by atoms with E-state index in [0.717, 1.165) is 77.3 Å². The van der Waals surface area contributed by atoms with Crippen molar-refractivity contribution in [3.63, 3.8) is 0 Å². The van der Waals surface area contributed by atoms with Crippen molar-refractivity contribution in [3.8, 4) is 11.1 Å². The van der Waals surface area contributed by atoms with Crippen molar-refractivity contribution in [3.05, 3.63) is 164 Å². The second-order valence-corrected chi connectivity index (χ2v) is 13.9. The van der Waals surface area contributed by atoms with Crippen molar-refractivity contribution in [2.45, 2.75) is 0 Å². The van der Waals surface area contributed by atoms with Crippen LogP contribution in [0.1, 0.15) is 0 Å². The Kier molecular flexibility index (Phi) is 5.83. The Morgan fingerprint density at radius 3 is 2.08 bits per heavy atom. The Hall–Kier alpha value is -6.36. The van der Waals surface area contributed by atoms with Crippen LogP contribution in [-0.2, 0) is 0 Å². The summed E-state index contributed by atoms with van der Waals surface area (Å²) >= 11 is 1.85. The quantitative estimate of drug-likeness (QED) is 0.189. The molecular formula is C46H27NO2S. The van der Waals surface area contributed by atoms with Crippen molar-refractivity contribution < 1.29 is 8.83 Å². The Balaban J connectivity index is 1.20. The maximum atomic E-state index is 6.69. The number of benzene rings is 8. The van der Waals surface area contributed by atoms with E-state index in [2.05, 4.69) is 157 Å². The van der Waals surface area contributed by atoms with E-state index in [4.69, 9.17) is 8.83 Å². The molecule has 50 heavy (non-hydrogen) atoms. The highest BCUT2D eigenvalue weighted by molar-refractivity contribution is 7.25. The summed E-state index contributed by atoms with van der Waals surface area (Å²) in [5, 5.41) is 9.26. The zero-order chi connectivity index (χ0) is 32.8. The van der Waals surface area contributed by atoms with Gasteiger partial charge in [-0.3, -0.25) is 0 Å². The van der Waals surface area contributed by atoms with Crippen molar-refractivity contribution in [1.82, 2.24) is 0 Å². The number of anilines is 3. The Bertz CT molecular complexity index is 3130. The van der Waals surface area contributed by atoms with Crippen molar-refractivity contribution >= 4 is 103 Å². The maximum absolute atomic E-state index is 6.69. The first-order valence-electron chi connectivity index (χ1n) is 16.8. The predicted octanol–water partition coefficient (Wildman–Crippen LogP) is 14.1. The first kappa shape index (κ1) is 27.6. The van der Waals surface area contributed by atoms with Gasteiger partial charge in [0.05, 0.1) is 16.8 Å². The van der Waals surface area contributed by atoms with Crippen LogP contribution in [0.4, 0.5) is 17.1 Å². The fraction of sp³-hybridized carbons (Fsp3) is 0. The van der Waals surface area contributed by atoms with Crippen LogP contribution < -0.4 is 4.90 Å². The molecule has 8 aromatic carbocycles. The molecule has 0 spiro atoms. The second-order valence-electron chi connectivity index (χ2n) is 12.9. The van der Waals surface area contributed by atoms with Gasteiger partial charge in [-0.15, -0.1) is 11.3 Å². The third-order valence-electron chi connectivity index (χ3n) is 10.1. The molecule has 3 aromatic heterocycles. The molecule has 0 bridgehead atoms. The molecule has 4 heteroatoms. The number of furan rings is 2. The molecule has 0 amide bonds. The summed E-state index contributed by atoms with van der Waals surface area (Å²) in [6.07, 6.45) is 0. The van der Waals surface area contributed by atoms with E-state index >= 15 is 0 Å². The van der Waals surface area contributed by atoms with Crippen molar-refractivity contribution in [2.75, 3.05) is 4.90 Å². The van der Waals surface area contributed by atoms with Crippen LogP contribution in [-0.4, -0.2) is 0 Å². The monoisotopic (exact) mass is 657 g/mol. The van der Waals surface area contributed by atoms with Gasteiger partial charge in [-0.2, -0.15) is 0 Å². The minimum absolute atomic E-state index is 0.854. The van der Waals surface area contributed by atoms with Gasteiger partial charge in [0.25, 0.3) is 0 Å². The molecule has 0 unspecified atom stereocenters. The average Bonchev–Trinajstić information content (AvgIpc) is 3.86. The van der Waals surface area contributed by atoms with Crippen molar-refractivity contribution in [2.24, 2.45) is 0 Å². The van der Waals surface area contributed by atoms with Gasteiger partial charge in [0.15, 0.2) is 0 Å². The zero-order valence-electron chi connectivity index (χ0n) is 26.8. The number of hydrogen-bond acceptors (Lipinski definition) is 4. The summed E-state index contributed by atoms with van der Waals surface area (Å²) in [5.41, 5.74) is 8.94. The molecule has 0 aliphatic carbocycles. The maximum Gasteiger partial charge on any atom is 0.143 e. The molecule has 0 saturated carbocycles. The number of fused-ring (bicyclic) bond motifs is 11. The molecule has 0 aliphatic heterocycles. The lowest BCUT2D eigenvalue weighted by atomic mass is 9.99. The predicted molar refractivity (Wildman–Crippen MR) is 212 cm³/mol. The number of thiophene rings is 1. The van der Waals surface area contributed by atoms with Crippen LogP contribution in [0.2, 0.25) is 0 Å². The minimum Gasteiger partial charge on any atom is -0.456 e. The third kappa shape index (κ3) is 4.03. The molecule has 0 radical (unpaired) electrons. The van der Waals surface area contributed by atoms with E-state index < -0.39 is 0 Å². The lowest BCUT2D eigenvalue weighted by molar-refractivity contribution is 0.669. The topological polar surface area (TPSA) is 29.5 Å². The van der Waals surface area contributed by atoms with E-state index in [9.17, 15) is 0 Å². The molecule has 0 fully saturated rings. The molecule has 3 heterocycles. The van der Waals surface area contributed by atoms with Crippen LogP contribution in [0.15, 0.2) is 173 Å². The average molecular weight is 658 g/mol. The van der Waals surface area contributed by atoms with E-state index in [0.29, 0.717) is 0 Å². The van der Waals surface area contributed by atoms with Crippen LogP contribution in [0, 0.1) is 0 Å². The first-order chi connectivity index (χ1) is 24.8. The van der Waals surface area contributed by atoms with Gasteiger partial charge in [-0.05, 0) is 65.5 Å². The number of nitrogens with zero attached hydrogens (tertiary/aromatic N) is 1. The lowest BCUT2D eigenvalue weighted by Gasteiger charge is -2.28. The normalized spacial score (nSPS) is 12.0. The molecule has 0 aliphatic rings. The SMILES string of the molecule is c1ccc(N(c2ccc3c(c2)oc2ccccc23)c2cccc3oc4c5ccccc5ccc4c23)c(-c2ccc3c(c2)sc2ccccc23)c1. The summed E-state index contributed by atoms with van der Waals surface area (Å²) in [6, 6.07) is 58.3. The Morgan fingerprint density at radius 2 is 1.12 bits per heavy atom. The van der Waals surface area contributed by atoms with Crippen LogP contribution in [0.25, 0.3) is 85.9 Å². The van der Waals surface area contributed by atoms with Gasteiger partial charge >= 0.3 is 0 Å². The Labute approximate surface area is 290 Å². The molecular weight excluding hydrogens is 631 g/mol.